The van der Waals surface area contributed by atoms with Gasteiger partial charge in [0.05, 0.1) is 0 Å². The van der Waals surface area contributed by atoms with Gasteiger partial charge in [0.1, 0.15) is 0 Å². The lowest BCUT2D eigenvalue weighted by Gasteiger charge is -2.63. The van der Waals surface area contributed by atoms with Gasteiger partial charge in [-0.1, -0.05) is 76.1 Å². The predicted octanol–water partition coefficient (Wildman–Crippen LogP) is 9.12. The number of hydrogen-bond acceptors (Lipinski definition) is 0. The largest absolute Gasteiger partial charge is 0.0955 e. The minimum atomic E-state index is -0.0211. The summed E-state index contributed by atoms with van der Waals surface area (Å²) in [6.07, 6.45) is 4.67. The second-order valence-electron chi connectivity index (χ2n) is 12.2. The zero-order chi connectivity index (χ0) is 24.0. The molecule has 0 radical (unpaired) electrons. The highest BCUT2D eigenvalue weighted by molar-refractivity contribution is 5.61. The molecule has 3 aliphatic carbocycles. The Morgan fingerprint density at radius 2 is 1.72 bits per heavy atom. The molecule has 0 aliphatic heterocycles. The minimum absolute atomic E-state index is 0.0211. The lowest BCUT2D eigenvalue weighted by Crippen LogP contribution is -2.53. The highest BCUT2D eigenvalue weighted by atomic mass is 14.6. The van der Waals surface area contributed by atoms with Gasteiger partial charge < -0.3 is 0 Å². The fourth-order valence-corrected chi connectivity index (χ4v) is 8.66. The van der Waals surface area contributed by atoms with Crippen molar-refractivity contribution in [1.82, 2.24) is 0 Å². The van der Waals surface area contributed by atoms with Crippen molar-refractivity contribution in [3.8, 4) is 0 Å². The van der Waals surface area contributed by atoms with Crippen molar-refractivity contribution < 1.29 is 0 Å². The van der Waals surface area contributed by atoms with Gasteiger partial charge in [0.25, 0.3) is 0 Å². The summed E-state index contributed by atoms with van der Waals surface area (Å²) in [7, 11) is 0. The summed E-state index contributed by atoms with van der Waals surface area (Å²) in [6, 6.07) is 2.47. The van der Waals surface area contributed by atoms with Crippen LogP contribution in [0, 0.1) is 30.1 Å². The second-order valence-corrected chi connectivity index (χ2v) is 12.2. The van der Waals surface area contributed by atoms with Crippen molar-refractivity contribution in [3.63, 3.8) is 0 Å². The molecule has 0 amide bonds. The summed E-state index contributed by atoms with van der Waals surface area (Å²) < 4.78 is 0. The van der Waals surface area contributed by atoms with Crippen LogP contribution in [-0.4, -0.2) is 0 Å². The molecule has 4 rings (SSSR count). The molecule has 0 saturated carbocycles. The summed E-state index contributed by atoms with van der Waals surface area (Å²) in [5.74, 6) is 0.461. The van der Waals surface area contributed by atoms with Gasteiger partial charge in [-0.05, 0) is 110 Å². The molecule has 1 aromatic carbocycles. The van der Waals surface area contributed by atoms with E-state index in [0.717, 1.165) is 12.8 Å². The number of hydrogen-bond donors (Lipinski definition) is 0. The molecule has 32 heavy (non-hydrogen) atoms. The summed E-state index contributed by atoms with van der Waals surface area (Å²) in [6.45, 7) is 33.1. The van der Waals surface area contributed by atoms with E-state index in [1.165, 1.54) is 46.3 Å². The zero-order valence-corrected chi connectivity index (χ0v) is 22.4. The SMILES string of the molecule is C=C(C)C1=C(C)CC2(C)CC3(C)Cc4c(CC)cc(C)c(C)c4C(C)C3=C(C)C2(C)C1=C. The van der Waals surface area contributed by atoms with Crippen LogP contribution in [0.15, 0.2) is 52.7 Å². The number of fused-ring (bicyclic) bond motifs is 3. The molecule has 0 heteroatoms. The topological polar surface area (TPSA) is 0 Å². The van der Waals surface area contributed by atoms with E-state index in [2.05, 4.69) is 81.9 Å². The average Bonchev–Trinajstić information content (AvgIpc) is 2.66. The van der Waals surface area contributed by atoms with Crippen molar-refractivity contribution in [2.24, 2.45) is 16.2 Å². The molecule has 0 nitrogen and oxygen atoms in total. The normalized spacial score (nSPS) is 34.3. The van der Waals surface area contributed by atoms with Gasteiger partial charge >= 0.3 is 0 Å². The van der Waals surface area contributed by atoms with Gasteiger partial charge in [0.2, 0.25) is 0 Å². The van der Waals surface area contributed by atoms with Crippen LogP contribution in [-0.2, 0) is 12.8 Å². The summed E-state index contributed by atoms with van der Waals surface area (Å²) in [4.78, 5) is 0. The molecule has 0 heterocycles. The molecule has 0 spiro atoms. The highest BCUT2D eigenvalue weighted by Gasteiger charge is 2.60. The Labute approximate surface area is 197 Å². The minimum Gasteiger partial charge on any atom is -0.0955 e. The number of rotatable bonds is 2. The standard InChI is InChI=1S/C32H44/c1-13-25-14-19(4)21(6)28-22(7)29-24(9)32(12)23(8)27(18(2)3)20(5)15-31(32,11)17-30(29,10)16-26(25)28/h14,22H,2,8,13,15-17H2,1,3-7,9-12H3. The molecule has 4 unspecified atom stereocenters. The number of benzene rings is 1. The first kappa shape index (κ1) is 23.3. The maximum atomic E-state index is 4.75. The van der Waals surface area contributed by atoms with Crippen LogP contribution in [0.25, 0.3) is 0 Å². The fraction of sp³-hybridized carbons (Fsp3) is 0.562. The molecular weight excluding hydrogens is 384 g/mol. The first-order valence-corrected chi connectivity index (χ1v) is 12.6. The van der Waals surface area contributed by atoms with E-state index in [9.17, 15) is 0 Å². The molecular formula is C32H44. The number of aryl methyl sites for hydroxylation is 2. The Bertz CT molecular complexity index is 1120. The molecule has 3 aliphatic rings. The molecule has 172 valence electrons. The van der Waals surface area contributed by atoms with Gasteiger partial charge in [-0.15, -0.1) is 0 Å². The maximum absolute atomic E-state index is 4.75. The monoisotopic (exact) mass is 428 g/mol. The van der Waals surface area contributed by atoms with Crippen molar-refractivity contribution >= 4 is 0 Å². The van der Waals surface area contributed by atoms with Gasteiger partial charge in [-0.25, -0.2) is 0 Å². The highest BCUT2D eigenvalue weighted by Crippen LogP contribution is 2.70. The molecule has 0 bridgehead atoms. The lowest BCUT2D eigenvalue weighted by molar-refractivity contribution is 0.0461. The van der Waals surface area contributed by atoms with E-state index < -0.39 is 0 Å². The van der Waals surface area contributed by atoms with Gasteiger partial charge in [0.15, 0.2) is 0 Å². The third kappa shape index (κ3) is 2.74. The van der Waals surface area contributed by atoms with E-state index in [1.807, 2.05) is 0 Å². The summed E-state index contributed by atoms with van der Waals surface area (Å²) in [5.41, 5.74) is 16.7. The van der Waals surface area contributed by atoms with Crippen LogP contribution in [0.4, 0.5) is 0 Å². The van der Waals surface area contributed by atoms with E-state index >= 15 is 0 Å². The second kappa shape index (κ2) is 7.09. The average molecular weight is 429 g/mol. The Balaban J connectivity index is 2.03. The zero-order valence-electron chi connectivity index (χ0n) is 22.4. The first-order chi connectivity index (χ1) is 14.7. The maximum Gasteiger partial charge on any atom is 0.0191 e. The summed E-state index contributed by atoms with van der Waals surface area (Å²) >= 11 is 0. The molecule has 0 saturated heterocycles. The van der Waals surface area contributed by atoms with Gasteiger partial charge in [0, 0.05) is 11.3 Å². The van der Waals surface area contributed by atoms with Crippen LogP contribution >= 0.6 is 0 Å². The Morgan fingerprint density at radius 1 is 1.09 bits per heavy atom. The Morgan fingerprint density at radius 3 is 2.28 bits per heavy atom. The van der Waals surface area contributed by atoms with E-state index in [0.29, 0.717) is 5.92 Å². The van der Waals surface area contributed by atoms with E-state index in [1.54, 1.807) is 27.8 Å². The quantitative estimate of drug-likeness (QED) is 0.412. The van der Waals surface area contributed by atoms with Crippen LogP contribution in [0.5, 0.6) is 0 Å². The molecule has 1 aromatic rings. The smallest absolute Gasteiger partial charge is 0.0191 e. The summed E-state index contributed by atoms with van der Waals surface area (Å²) in [5, 5.41) is 0. The molecule has 0 fully saturated rings. The third-order valence-corrected chi connectivity index (χ3v) is 10.1. The first-order valence-electron chi connectivity index (χ1n) is 12.6. The van der Waals surface area contributed by atoms with E-state index in [-0.39, 0.29) is 16.2 Å². The van der Waals surface area contributed by atoms with E-state index in [4.69, 9.17) is 6.58 Å². The van der Waals surface area contributed by atoms with Crippen LogP contribution < -0.4 is 0 Å². The predicted molar refractivity (Wildman–Crippen MR) is 140 cm³/mol. The van der Waals surface area contributed by atoms with Gasteiger partial charge in [-0.2, -0.15) is 0 Å². The van der Waals surface area contributed by atoms with Crippen molar-refractivity contribution in [3.05, 3.63) is 80.5 Å². The van der Waals surface area contributed by atoms with Crippen molar-refractivity contribution in [1.29, 1.82) is 0 Å². The van der Waals surface area contributed by atoms with Crippen LogP contribution in [0.3, 0.4) is 0 Å². The molecule has 0 N–H and O–H groups in total. The Hall–Kier alpha value is -1.82. The molecule has 0 aromatic heterocycles. The third-order valence-electron chi connectivity index (χ3n) is 10.1. The lowest BCUT2D eigenvalue weighted by atomic mass is 9.41. The van der Waals surface area contributed by atoms with Crippen molar-refractivity contribution in [2.45, 2.75) is 101 Å². The van der Waals surface area contributed by atoms with Crippen molar-refractivity contribution in [2.75, 3.05) is 0 Å². The van der Waals surface area contributed by atoms with Crippen LogP contribution in [0.1, 0.15) is 102 Å². The van der Waals surface area contributed by atoms with Gasteiger partial charge in [-0.3, -0.25) is 0 Å². The Kier molecular flexibility index (Phi) is 5.17. The van der Waals surface area contributed by atoms with Crippen LogP contribution in [0.2, 0.25) is 0 Å². The number of allylic oxidation sites excluding steroid dienone is 6. The fourth-order valence-electron chi connectivity index (χ4n) is 8.66. The molecule has 4 atom stereocenters.